The van der Waals surface area contributed by atoms with Gasteiger partial charge in [0.25, 0.3) is 0 Å². The molecule has 0 fully saturated rings. The molecule has 0 atom stereocenters. The summed E-state index contributed by atoms with van der Waals surface area (Å²) in [4.78, 5) is 12.7. The topological polar surface area (TPSA) is 41.1 Å². The van der Waals surface area contributed by atoms with E-state index in [9.17, 15) is 0 Å². The highest BCUT2D eigenvalue weighted by Gasteiger charge is 2.16. The molecule has 0 aromatic carbocycles. The van der Waals surface area contributed by atoms with Crippen LogP contribution in [-0.2, 0) is 6.54 Å². The minimum absolute atomic E-state index is 0.389. The van der Waals surface area contributed by atoms with E-state index in [4.69, 9.17) is 0 Å². The van der Waals surface area contributed by atoms with Crippen LogP contribution in [0, 0.1) is 6.92 Å². The standard InChI is InChI=1S/C15H22N4S/c1-5-16-15-17-9-12(4)14(18-15)19(11(2)3)10-13-7-6-8-20-13/h6-9,11H,5,10H2,1-4H3,(H,16,17,18). The van der Waals surface area contributed by atoms with E-state index >= 15 is 0 Å². The van der Waals surface area contributed by atoms with Gasteiger partial charge >= 0.3 is 0 Å². The van der Waals surface area contributed by atoms with E-state index in [1.165, 1.54) is 4.88 Å². The average Bonchev–Trinajstić information content (AvgIpc) is 2.91. The first-order valence-corrected chi connectivity index (χ1v) is 7.86. The van der Waals surface area contributed by atoms with Crippen LogP contribution in [0.25, 0.3) is 0 Å². The predicted molar refractivity (Wildman–Crippen MR) is 86.6 cm³/mol. The monoisotopic (exact) mass is 290 g/mol. The minimum Gasteiger partial charge on any atom is -0.354 e. The summed E-state index contributed by atoms with van der Waals surface area (Å²) >= 11 is 1.78. The molecule has 5 heteroatoms. The van der Waals surface area contributed by atoms with Gasteiger partial charge in [-0.2, -0.15) is 4.98 Å². The number of nitrogens with zero attached hydrogens (tertiary/aromatic N) is 3. The quantitative estimate of drug-likeness (QED) is 0.881. The van der Waals surface area contributed by atoms with Crippen molar-refractivity contribution in [2.24, 2.45) is 0 Å². The average molecular weight is 290 g/mol. The normalized spacial score (nSPS) is 10.8. The van der Waals surface area contributed by atoms with Gasteiger partial charge in [-0.15, -0.1) is 11.3 Å². The first-order chi connectivity index (χ1) is 9.61. The molecule has 0 saturated carbocycles. The molecule has 0 radical (unpaired) electrons. The first kappa shape index (κ1) is 14.8. The Hall–Kier alpha value is -1.62. The summed E-state index contributed by atoms with van der Waals surface area (Å²) in [7, 11) is 0. The largest absolute Gasteiger partial charge is 0.354 e. The maximum atomic E-state index is 4.67. The number of aryl methyl sites for hydroxylation is 1. The highest BCUT2D eigenvalue weighted by atomic mass is 32.1. The van der Waals surface area contributed by atoms with Crippen molar-refractivity contribution in [3.8, 4) is 0 Å². The number of hydrogen-bond donors (Lipinski definition) is 1. The molecular weight excluding hydrogens is 268 g/mol. The highest BCUT2D eigenvalue weighted by molar-refractivity contribution is 7.09. The van der Waals surface area contributed by atoms with Crippen molar-refractivity contribution in [2.45, 2.75) is 40.3 Å². The molecule has 20 heavy (non-hydrogen) atoms. The molecule has 2 rings (SSSR count). The Morgan fingerprint density at radius 3 is 2.80 bits per heavy atom. The van der Waals surface area contributed by atoms with Crippen molar-refractivity contribution in [3.05, 3.63) is 34.2 Å². The molecule has 2 heterocycles. The summed E-state index contributed by atoms with van der Waals surface area (Å²) in [5.74, 6) is 1.71. The summed E-state index contributed by atoms with van der Waals surface area (Å²) < 4.78 is 0. The summed E-state index contributed by atoms with van der Waals surface area (Å²) in [6, 6.07) is 4.65. The Labute approximate surface area is 124 Å². The van der Waals surface area contributed by atoms with Gasteiger partial charge in [-0.1, -0.05) is 6.07 Å². The SMILES string of the molecule is CCNc1ncc(C)c(N(Cc2cccs2)C(C)C)n1. The van der Waals surface area contributed by atoms with Crippen molar-refractivity contribution in [3.63, 3.8) is 0 Å². The fraction of sp³-hybridized carbons (Fsp3) is 0.467. The Kier molecular flexibility index (Phi) is 4.95. The van der Waals surface area contributed by atoms with Crippen LogP contribution in [0.1, 0.15) is 31.2 Å². The fourth-order valence-corrected chi connectivity index (χ4v) is 2.74. The molecule has 2 aromatic rings. The number of rotatable bonds is 6. The predicted octanol–water partition coefficient (Wildman–Crippen LogP) is 3.69. The lowest BCUT2D eigenvalue weighted by molar-refractivity contribution is 0.673. The lowest BCUT2D eigenvalue weighted by Gasteiger charge is -2.29. The van der Waals surface area contributed by atoms with Gasteiger partial charge in [0.15, 0.2) is 0 Å². The van der Waals surface area contributed by atoms with Gasteiger partial charge in [0.05, 0.1) is 6.54 Å². The molecule has 0 aliphatic carbocycles. The van der Waals surface area contributed by atoms with E-state index in [0.717, 1.165) is 24.5 Å². The zero-order chi connectivity index (χ0) is 14.5. The van der Waals surface area contributed by atoms with Gasteiger partial charge in [-0.3, -0.25) is 0 Å². The van der Waals surface area contributed by atoms with E-state index in [-0.39, 0.29) is 0 Å². The smallest absolute Gasteiger partial charge is 0.224 e. The van der Waals surface area contributed by atoms with Crippen molar-refractivity contribution in [1.29, 1.82) is 0 Å². The third-order valence-corrected chi connectivity index (χ3v) is 3.94. The Morgan fingerprint density at radius 1 is 1.40 bits per heavy atom. The van der Waals surface area contributed by atoms with Gasteiger partial charge in [-0.05, 0) is 39.1 Å². The molecular formula is C15H22N4S. The van der Waals surface area contributed by atoms with Crippen LogP contribution in [-0.4, -0.2) is 22.6 Å². The number of hydrogen-bond acceptors (Lipinski definition) is 5. The molecule has 0 aliphatic rings. The number of nitrogens with one attached hydrogen (secondary N) is 1. The van der Waals surface area contributed by atoms with Crippen molar-refractivity contribution >= 4 is 23.1 Å². The molecule has 0 spiro atoms. The zero-order valence-corrected chi connectivity index (χ0v) is 13.4. The second-order valence-corrected chi connectivity index (χ2v) is 6.06. The van der Waals surface area contributed by atoms with Gasteiger partial charge in [-0.25, -0.2) is 4.98 Å². The molecule has 0 aliphatic heterocycles. The summed E-state index contributed by atoms with van der Waals surface area (Å²) in [6.07, 6.45) is 1.89. The number of anilines is 2. The first-order valence-electron chi connectivity index (χ1n) is 6.98. The molecule has 2 aromatic heterocycles. The van der Waals surface area contributed by atoms with E-state index in [1.807, 2.05) is 6.20 Å². The van der Waals surface area contributed by atoms with Crippen LogP contribution < -0.4 is 10.2 Å². The Morgan fingerprint density at radius 2 is 2.20 bits per heavy atom. The molecule has 0 unspecified atom stereocenters. The summed E-state index contributed by atoms with van der Waals surface area (Å²) in [6.45, 7) is 10.2. The third-order valence-electron chi connectivity index (χ3n) is 3.08. The molecule has 4 nitrogen and oxygen atoms in total. The van der Waals surface area contributed by atoms with Crippen LogP contribution in [0.2, 0.25) is 0 Å². The summed E-state index contributed by atoms with van der Waals surface area (Å²) in [5, 5.41) is 5.30. The molecule has 1 N–H and O–H groups in total. The lowest BCUT2D eigenvalue weighted by Crippen LogP contribution is -2.31. The van der Waals surface area contributed by atoms with Crippen LogP contribution in [0.4, 0.5) is 11.8 Å². The summed E-state index contributed by atoms with van der Waals surface area (Å²) in [5.41, 5.74) is 1.11. The van der Waals surface area contributed by atoms with E-state index in [0.29, 0.717) is 12.0 Å². The van der Waals surface area contributed by atoms with Crippen molar-refractivity contribution < 1.29 is 0 Å². The van der Waals surface area contributed by atoms with Gasteiger partial charge in [0, 0.05) is 29.2 Å². The third kappa shape index (κ3) is 3.48. The lowest BCUT2D eigenvalue weighted by atomic mass is 10.2. The number of aromatic nitrogens is 2. The van der Waals surface area contributed by atoms with Crippen LogP contribution in [0.15, 0.2) is 23.7 Å². The van der Waals surface area contributed by atoms with E-state index in [1.54, 1.807) is 11.3 Å². The van der Waals surface area contributed by atoms with Crippen LogP contribution in [0.3, 0.4) is 0 Å². The van der Waals surface area contributed by atoms with Crippen LogP contribution in [0.5, 0.6) is 0 Å². The number of thiophene rings is 1. The molecule has 0 bridgehead atoms. The Bertz CT molecular complexity index is 537. The molecule has 0 saturated heterocycles. The van der Waals surface area contributed by atoms with E-state index in [2.05, 4.69) is 65.4 Å². The highest BCUT2D eigenvalue weighted by Crippen LogP contribution is 2.24. The zero-order valence-electron chi connectivity index (χ0n) is 12.6. The minimum atomic E-state index is 0.389. The molecule has 108 valence electrons. The van der Waals surface area contributed by atoms with Gasteiger partial charge in [0.2, 0.25) is 5.95 Å². The van der Waals surface area contributed by atoms with Crippen molar-refractivity contribution in [1.82, 2.24) is 9.97 Å². The molecule has 0 amide bonds. The van der Waals surface area contributed by atoms with E-state index < -0.39 is 0 Å². The second-order valence-electron chi connectivity index (χ2n) is 5.03. The maximum Gasteiger partial charge on any atom is 0.224 e. The fourth-order valence-electron chi connectivity index (χ4n) is 2.04. The maximum absolute atomic E-state index is 4.67. The second kappa shape index (κ2) is 6.70. The van der Waals surface area contributed by atoms with Crippen LogP contribution >= 0.6 is 11.3 Å². The Balaban J connectivity index is 2.30. The van der Waals surface area contributed by atoms with Crippen molar-refractivity contribution in [2.75, 3.05) is 16.8 Å². The van der Waals surface area contributed by atoms with Gasteiger partial charge < -0.3 is 10.2 Å². The van der Waals surface area contributed by atoms with Gasteiger partial charge in [0.1, 0.15) is 5.82 Å².